The van der Waals surface area contributed by atoms with Gasteiger partial charge < -0.3 is 20.5 Å². The number of phenols is 1. The average Bonchev–Trinajstić information content (AvgIpc) is 3.20. The predicted molar refractivity (Wildman–Crippen MR) is 134 cm³/mol. The fourth-order valence-corrected chi connectivity index (χ4v) is 6.62. The first kappa shape index (κ1) is 26.5. The molecule has 0 spiro atoms. The Morgan fingerprint density at radius 3 is 2.35 bits per heavy atom. The van der Waals surface area contributed by atoms with Crippen molar-refractivity contribution >= 4 is 38.7 Å². The lowest BCUT2D eigenvalue weighted by atomic mass is 10.0. The van der Waals surface area contributed by atoms with Gasteiger partial charge in [-0.3, -0.25) is 9.59 Å². The molecule has 2 aromatic rings. The molecule has 1 heterocycles. The number of phenolic OH excluding ortho intramolecular Hbond substituents is 1. The molecule has 0 radical (unpaired) electrons. The Balaban J connectivity index is 1.95. The molecule has 3 N–H and O–H groups in total. The molecule has 1 aliphatic rings. The van der Waals surface area contributed by atoms with Gasteiger partial charge in [-0.1, -0.05) is 25.4 Å². The number of anilines is 3. The zero-order valence-corrected chi connectivity index (χ0v) is 21.6. The largest absolute Gasteiger partial charge is 0.504 e. The number of nitrogens with one attached hydrogen (secondary N) is 2. The molecule has 2 aromatic carbocycles. The molecule has 0 unspecified atom stereocenters. The summed E-state index contributed by atoms with van der Waals surface area (Å²) in [4.78, 5) is 24.2. The molecule has 0 amide bonds. The van der Waals surface area contributed by atoms with Crippen molar-refractivity contribution in [1.29, 1.82) is 0 Å². The number of rotatable bonds is 10. The van der Waals surface area contributed by atoms with Gasteiger partial charge in [0.2, 0.25) is 10.0 Å². The van der Waals surface area contributed by atoms with E-state index < -0.39 is 31.5 Å². The van der Waals surface area contributed by atoms with E-state index in [0.29, 0.717) is 6.42 Å². The zero-order valence-electron chi connectivity index (χ0n) is 20.0. The van der Waals surface area contributed by atoms with Crippen molar-refractivity contribution in [3.05, 3.63) is 37.6 Å². The summed E-state index contributed by atoms with van der Waals surface area (Å²) in [6.45, 7) is 9.25. The maximum Gasteiger partial charge on any atom is 0.253 e. The third kappa shape index (κ3) is 4.82. The van der Waals surface area contributed by atoms with Crippen molar-refractivity contribution < 1.29 is 18.3 Å². The molecule has 3 atom stereocenters. The summed E-state index contributed by atoms with van der Waals surface area (Å²) in [6, 6.07) is 2.15. The van der Waals surface area contributed by atoms with Crippen molar-refractivity contribution in [3.63, 3.8) is 0 Å². The quantitative estimate of drug-likeness (QED) is 0.325. The van der Waals surface area contributed by atoms with Crippen LogP contribution in [0.1, 0.15) is 53.9 Å². The molecule has 9 nitrogen and oxygen atoms in total. The van der Waals surface area contributed by atoms with Crippen LogP contribution in [-0.4, -0.2) is 48.7 Å². The van der Waals surface area contributed by atoms with E-state index in [1.807, 2.05) is 13.8 Å². The molecule has 11 heteroatoms. The van der Waals surface area contributed by atoms with Crippen LogP contribution in [0, 0.1) is 0 Å². The molecular formula is C23H32ClN3O6S. The third-order valence-corrected chi connectivity index (χ3v) is 8.84. The molecular weight excluding hydrogens is 482 g/mol. The van der Waals surface area contributed by atoms with Crippen molar-refractivity contribution in [1.82, 2.24) is 4.31 Å². The van der Waals surface area contributed by atoms with Crippen LogP contribution < -0.4 is 21.5 Å². The van der Waals surface area contributed by atoms with Gasteiger partial charge in [-0.05, 0) is 52.2 Å². The topological polar surface area (TPSA) is 125 Å². The summed E-state index contributed by atoms with van der Waals surface area (Å²) in [5.41, 5.74) is -1.42. The van der Waals surface area contributed by atoms with Gasteiger partial charge in [0.15, 0.2) is 5.75 Å². The minimum Gasteiger partial charge on any atom is -0.504 e. The molecule has 1 saturated heterocycles. The van der Waals surface area contributed by atoms with E-state index in [2.05, 4.69) is 10.6 Å². The van der Waals surface area contributed by atoms with Crippen LogP contribution in [-0.2, 0) is 14.8 Å². The molecule has 1 aliphatic heterocycles. The smallest absolute Gasteiger partial charge is 0.253 e. The van der Waals surface area contributed by atoms with Crippen molar-refractivity contribution in [2.24, 2.45) is 0 Å². The number of benzene rings is 1. The van der Waals surface area contributed by atoms with Gasteiger partial charge >= 0.3 is 0 Å². The van der Waals surface area contributed by atoms with Gasteiger partial charge in [0.1, 0.15) is 16.3 Å². The molecule has 188 valence electrons. The van der Waals surface area contributed by atoms with Crippen LogP contribution in [0.2, 0.25) is 5.02 Å². The van der Waals surface area contributed by atoms with E-state index in [4.69, 9.17) is 16.3 Å². The molecule has 0 bridgehead atoms. The number of ether oxygens (including phenoxy) is 1. The van der Waals surface area contributed by atoms with Gasteiger partial charge in [-0.15, -0.1) is 0 Å². The minimum absolute atomic E-state index is 0.0355. The van der Waals surface area contributed by atoms with E-state index >= 15 is 0 Å². The summed E-state index contributed by atoms with van der Waals surface area (Å²) in [5.74, 6) is -0.620. The average molecular weight is 514 g/mol. The highest BCUT2D eigenvalue weighted by molar-refractivity contribution is 7.89. The van der Waals surface area contributed by atoms with Crippen molar-refractivity contribution in [2.75, 3.05) is 17.2 Å². The van der Waals surface area contributed by atoms with Crippen LogP contribution in [0.4, 0.5) is 17.1 Å². The standard InChI is InChI=1S/C23H32ClN3O6S/c1-6-15(17-11-8-13(5)33-17)25-18-19(22(30)21(18)29)26-16-10-9-14(24)23(20(16)28)34(31,32)27(7-2)12(3)4/h9-10,12-13,15,17,25-26,28H,6-8,11H2,1-5H3/t13-,15-,17-/m1/s1. The first-order chi connectivity index (χ1) is 15.9. The Kier molecular flexibility index (Phi) is 7.96. The molecule has 34 heavy (non-hydrogen) atoms. The summed E-state index contributed by atoms with van der Waals surface area (Å²) >= 11 is 6.18. The first-order valence-corrected chi connectivity index (χ1v) is 13.3. The fourth-order valence-electron chi connectivity index (χ4n) is 4.38. The van der Waals surface area contributed by atoms with Crippen LogP contribution in [0.15, 0.2) is 26.6 Å². The lowest BCUT2D eigenvalue weighted by Crippen LogP contribution is -2.42. The van der Waals surface area contributed by atoms with Crippen LogP contribution in [0.5, 0.6) is 5.75 Å². The maximum atomic E-state index is 13.2. The van der Waals surface area contributed by atoms with Gasteiger partial charge in [-0.2, -0.15) is 4.31 Å². The van der Waals surface area contributed by atoms with Gasteiger partial charge in [0.25, 0.3) is 10.9 Å². The summed E-state index contributed by atoms with van der Waals surface area (Å²) in [5, 5.41) is 16.6. The van der Waals surface area contributed by atoms with E-state index in [0.717, 1.165) is 12.8 Å². The highest BCUT2D eigenvalue weighted by Crippen LogP contribution is 2.40. The number of hydrogen-bond acceptors (Lipinski definition) is 8. The summed E-state index contributed by atoms with van der Waals surface area (Å²) in [7, 11) is -4.12. The van der Waals surface area contributed by atoms with E-state index in [1.165, 1.54) is 16.4 Å². The van der Waals surface area contributed by atoms with Gasteiger partial charge in [0.05, 0.1) is 29.0 Å². The minimum atomic E-state index is -4.12. The normalized spacial score (nSPS) is 19.8. The van der Waals surface area contributed by atoms with E-state index in [1.54, 1.807) is 20.8 Å². The van der Waals surface area contributed by atoms with Crippen LogP contribution in [0.3, 0.4) is 0 Å². The Labute approximate surface area is 204 Å². The SMILES string of the molecule is CC[C@@H](Nc1c(Nc2ccc(Cl)c(S(=O)(=O)N(CC)C(C)C)c2O)c(=O)c1=O)[C@H]1CC[C@@H](C)O1. The number of nitrogens with zero attached hydrogens (tertiary/aromatic N) is 1. The van der Waals surface area contributed by atoms with Crippen molar-refractivity contribution in [3.8, 4) is 5.75 Å². The number of hydrogen-bond donors (Lipinski definition) is 3. The Morgan fingerprint density at radius 1 is 1.18 bits per heavy atom. The van der Waals surface area contributed by atoms with E-state index in [9.17, 15) is 23.1 Å². The maximum absolute atomic E-state index is 13.2. The fraction of sp³-hybridized carbons (Fsp3) is 0.565. The monoisotopic (exact) mass is 513 g/mol. The number of aromatic hydroxyl groups is 1. The van der Waals surface area contributed by atoms with Crippen molar-refractivity contribution in [2.45, 2.75) is 83.1 Å². The lowest BCUT2D eigenvalue weighted by Gasteiger charge is -2.27. The Hall–Kier alpha value is -2.14. The van der Waals surface area contributed by atoms with Gasteiger partial charge in [0, 0.05) is 12.6 Å². The second kappa shape index (κ2) is 10.2. The molecule has 3 rings (SSSR count). The molecule has 0 aliphatic carbocycles. The number of halogens is 1. The predicted octanol–water partition coefficient (Wildman–Crippen LogP) is 3.56. The molecule has 0 aromatic heterocycles. The zero-order chi connectivity index (χ0) is 25.4. The highest BCUT2D eigenvalue weighted by atomic mass is 35.5. The Morgan fingerprint density at radius 2 is 1.82 bits per heavy atom. The summed E-state index contributed by atoms with van der Waals surface area (Å²) < 4.78 is 33.5. The summed E-state index contributed by atoms with van der Waals surface area (Å²) in [6.07, 6.45) is 2.47. The second-order valence-electron chi connectivity index (χ2n) is 8.83. The second-order valence-corrected chi connectivity index (χ2v) is 11.1. The lowest BCUT2D eigenvalue weighted by molar-refractivity contribution is 0.0438. The van der Waals surface area contributed by atoms with Gasteiger partial charge in [-0.25, -0.2) is 8.42 Å². The molecule has 1 fully saturated rings. The molecule has 0 saturated carbocycles. The van der Waals surface area contributed by atoms with Crippen LogP contribution in [0.25, 0.3) is 0 Å². The van der Waals surface area contributed by atoms with Crippen LogP contribution >= 0.6 is 11.6 Å². The first-order valence-electron chi connectivity index (χ1n) is 11.5. The number of sulfonamides is 1. The van der Waals surface area contributed by atoms with E-state index in [-0.39, 0.29) is 52.9 Å². The highest BCUT2D eigenvalue weighted by Gasteiger charge is 2.34. The Bertz CT molecular complexity index is 1220. The third-order valence-electron chi connectivity index (χ3n) is 6.19.